The van der Waals surface area contributed by atoms with Crippen molar-refractivity contribution in [1.29, 1.82) is 0 Å². The molecule has 0 saturated carbocycles. The van der Waals surface area contributed by atoms with Crippen molar-refractivity contribution in [2.75, 3.05) is 14.2 Å². The molecule has 1 aromatic carbocycles. The average Bonchev–Trinajstić information content (AvgIpc) is 3.35. The monoisotopic (exact) mass is 566 g/mol. The SMILES string of the molecule is COC([NH-])=O.COC([NH-])=O.O=[C-]Pc1ncc(Cc2ccc3nc(P[C-]=O)[nH]c3c2)[nH]1.[V+2].[V+2]. The Bertz CT molecular complexity index is 1020. The van der Waals surface area contributed by atoms with E-state index in [9.17, 15) is 19.2 Å². The number of nitrogens with zero attached hydrogens (tertiary/aromatic N) is 2. The first kappa shape index (κ1) is 33.0. The van der Waals surface area contributed by atoms with Gasteiger partial charge in [-0.05, 0) is 17.7 Å². The second-order valence-corrected chi connectivity index (χ2v) is 7.16. The number of ether oxygens (including phenoxy) is 2. The number of benzene rings is 1. The minimum atomic E-state index is -0.995. The van der Waals surface area contributed by atoms with Gasteiger partial charge in [0.15, 0.2) is 0 Å². The fourth-order valence-corrected chi connectivity index (χ4v) is 2.97. The number of hydrogen-bond acceptors (Lipinski definition) is 8. The average molecular weight is 566 g/mol. The molecule has 12 nitrogen and oxygen atoms in total. The molecular formula is C17H18N6O6P2V2. The van der Waals surface area contributed by atoms with Crippen molar-refractivity contribution in [2.45, 2.75) is 6.42 Å². The zero-order valence-corrected chi connectivity index (χ0v) is 22.0. The zero-order chi connectivity index (χ0) is 23.2. The van der Waals surface area contributed by atoms with Crippen molar-refractivity contribution in [3.05, 3.63) is 47.1 Å². The normalized spacial score (nSPS) is 9.64. The number of fused-ring (bicyclic) bond motifs is 1. The maximum absolute atomic E-state index is 10.4. The molecule has 2 unspecified atom stereocenters. The van der Waals surface area contributed by atoms with Gasteiger partial charge >= 0.3 is 37.1 Å². The molecule has 0 spiro atoms. The van der Waals surface area contributed by atoms with Crippen molar-refractivity contribution in [2.24, 2.45) is 0 Å². The summed E-state index contributed by atoms with van der Waals surface area (Å²) in [5.74, 6) is 0. The Kier molecular flexibility index (Phi) is 18.3. The van der Waals surface area contributed by atoms with Crippen LogP contribution in [0.2, 0.25) is 0 Å². The molecular weight excluding hydrogens is 548 g/mol. The molecule has 2 radical (unpaired) electrons. The first-order chi connectivity index (χ1) is 14.8. The van der Waals surface area contributed by atoms with Gasteiger partial charge in [-0.25, -0.2) is 22.0 Å². The summed E-state index contributed by atoms with van der Waals surface area (Å²) in [5, 5.41) is 0. The molecule has 172 valence electrons. The van der Waals surface area contributed by atoms with Crippen LogP contribution in [0.5, 0.6) is 0 Å². The van der Waals surface area contributed by atoms with Gasteiger partial charge in [-0.2, -0.15) is 17.2 Å². The standard InChI is InChI=1S/C13H10N4O2P2.2C2H5NO2.2V/c18-6-20-12-14-5-9(15-12)3-8-1-2-10-11(4-8)17-13(16-10)21-7-19;2*1-5-2(3)4;;/h1-2,4-5,20-21H,3H2,(H,14,15)(H,16,17);2*1H3,(H2,3,4);;/q-2;;;2*+2/p-2. The second kappa shape index (κ2) is 18.3. The third-order valence-corrected chi connectivity index (χ3v) is 4.45. The van der Waals surface area contributed by atoms with E-state index in [1.54, 1.807) is 6.20 Å². The number of hydrogen-bond donors (Lipinski definition) is 2. The summed E-state index contributed by atoms with van der Waals surface area (Å²) in [6.07, 6.45) is 0.420. The largest absolute Gasteiger partial charge is 2.00 e. The predicted molar refractivity (Wildman–Crippen MR) is 118 cm³/mol. The van der Waals surface area contributed by atoms with Crippen LogP contribution in [0.4, 0.5) is 9.59 Å². The Morgan fingerprint density at radius 1 is 1.00 bits per heavy atom. The third kappa shape index (κ3) is 13.2. The summed E-state index contributed by atoms with van der Waals surface area (Å²) in [7, 11) is 2.18. The Morgan fingerprint density at radius 3 is 2.06 bits per heavy atom. The molecule has 3 aromatic rings. The number of rotatable bonds is 6. The van der Waals surface area contributed by atoms with E-state index in [1.165, 1.54) is 0 Å². The van der Waals surface area contributed by atoms with Crippen LogP contribution >= 0.6 is 17.2 Å². The molecule has 0 aliphatic carbocycles. The molecule has 33 heavy (non-hydrogen) atoms. The van der Waals surface area contributed by atoms with E-state index in [4.69, 9.17) is 11.5 Å². The summed E-state index contributed by atoms with van der Waals surface area (Å²) in [6.45, 7) is 0. The zero-order valence-electron chi connectivity index (χ0n) is 17.3. The van der Waals surface area contributed by atoms with Crippen LogP contribution in [0.3, 0.4) is 0 Å². The molecule has 16 heteroatoms. The summed E-state index contributed by atoms with van der Waals surface area (Å²) in [4.78, 5) is 53.9. The van der Waals surface area contributed by atoms with Gasteiger partial charge in [0.05, 0.1) is 36.4 Å². The minimum absolute atomic E-state index is 0. The van der Waals surface area contributed by atoms with Gasteiger partial charge in [-0.1, -0.05) is 6.07 Å². The molecule has 0 bridgehead atoms. The summed E-state index contributed by atoms with van der Waals surface area (Å²) in [6, 6.07) is 9.59. The smallest absolute Gasteiger partial charge is 0.632 e. The van der Waals surface area contributed by atoms with E-state index in [0.29, 0.717) is 17.6 Å². The Labute approximate surface area is 216 Å². The van der Waals surface area contributed by atoms with Gasteiger partial charge in [0, 0.05) is 18.3 Å². The molecule has 0 aliphatic rings. The summed E-state index contributed by atoms with van der Waals surface area (Å²) in [5.41, 5.74) is 17.0. The quantitative estimate of drug-likeness (QED) is 0.335. The number of H-pyrrole nitrogens is 2. The molecule has 0 saturated heterocycles. The number of amides is 2. The molecule has 2 heterocycles. The van der Waals surface area contributed by atoms with Crippen molar-refractivity contribution in [3.63, 3.8) is 0 Å². The molecule has 2 amide bonds. The maximum atomic E-state index is 10.4. The van der Waals surface area contributed by atoms with Crippen LogP contribution < -0.4 is 11.1 Å². The molecule has 0 fully saturated rings. The van der Waals surface area contributed by atoms with Crippen molar-refractivity contribution in [3.8, 4) is 0 Å². The van der Waals surface area contributed by atoms with Crippen LogP contribution in [0.15, 0.2) is 24.4 Å². The van der Waals surface area contributed by atoms with Gasteiger partial charge in [0.2, 0.25) is 12.2 Å². The van der Waals surface area contributed by atoms with Gasteiger partial charge < -0.3 is 40.5 Å². The van der Waals surface area contributed by atoms with Crippen LogP contribution in [-0.2, 0) is 62.6 Å². The Balaban J connectivity index is 0. The summed E-state index contributed by atoms with van der Waals surface area (Å²) < 4.78 is 7.56. The van der Waals surface area contributed by atoms with E-state index in [-0.39, 0.29) is 54.3 Å². The van der Waals surface area contributed by atoms with Gasteiger partial charge in [0.25, 0.3) is 0 Å². The van der Waals surface area contributed by atoms with Crippen molar-refractivity contribution in [1.82, 2.24) is 19.9 Å². The van der Waals surface area contributed by atoms with Crippen molar-refractivity contribution >= 4 is 63.6 Å². The third-order valence-electron chi connectivity index (χ3n) is 3.28. The number of carbonyl (C=O) groups is 2. The topological polar surface area (TPSA) is 192 Å². The van der Waals surface area contributed by atoms with E-state index in [0.717, 1.165) is 36.5 Å². The first-order valence-electron chi connectivity index (χ1n) is 8.20. The Hall–Kier alpha value is -2.19. The minimum Gasteiger partial charge on any atom is -0.632 e. The first-order valence-corrected chi connectivity index (χ1v) is 10.2. The van der Waals surface area contributed by atoms with Crippen LogP contribution in [0, 0.1) is 0 Å². The number of nitrogens with one attached hydrogen (secondary N) is 4. The van der Waals surface area contributed by atoms with E-state index >= 15 is 0 Å². The predicted octanol–water partition coefficient (Wildman–Crippen LogP) is 2.22. The van der Waals surface area contributed by atoms with Crippen LogP contribution in [0.25, 0.3) is 22.5 Å². The molecule has 2 aromatic heterocycles. The number of aromatic amines is 2. The molecule has 3 rings (SSSR count). The number of aromatic nitrogens is 4. The molecule has 0 aliphatic heterocycles. The van der Waals surface area contributed by atoms with Crippen molar-refractivity contribution < 1.29 is 65.8 Å². The second-order valence-electron chi connectivity index (χ2n) is 5.31. The van der Waals surface area contributed by atoms with Gasteiger partial charge in [-0.3, -0.25) is 9.59 Å². The molecule has 4 N–H and O–H groups in total. The van der Waals surface area contributed by atoms with Gasteiger partial charge in [-0.15, -0.1) is 0 Å². The van der Waals surface area contributed by atoms with Crippen LogP contribution in [-0.4, -0.2) is 58.4 Å². The Morgan fingerprint density at radius 2 is 1.55 bits per heavy atom. The van der Waals surface area contributed by atoms with E-state index in [1.807, 2.05) is 30.3 Å². The fourth-order valence-electron chi connectivity index (χ4n) is 2.05. The maximum Gasteiger partial charge on any atom is 2.00 e. The fraction of sp³-hybridized carbons (Fsp3) is 0.176. The molecule has 2 atom stereocenters. The van der Waals surface area contributed by atoms with Gasteiger partial charge in [0.1, 0.15) is 0 Å². The summed E-state index contributed by atoms with van der Waals surface area (Å²) >= 11 is 0. The van der Waals surface area contributed by atoms with E-state index < -0.39 is 12.2 Å². The number of imidazole rings is 2. The number of carbonyl (C=O) groups excluding carboxylic acids is 4. The van der Waals surface area contributed by atoms with E-state index in [2.05, 4.69) is 29.4 Å². The van der Waals surface area contributed by atoms with Crippen LogP contribution in [0.1, 0.15) is 11.3 Å². The number of methoxy groups -OCH3 is 2.